The topological polar surface area (TPSA) is 112 Å². The van der Waals surface area contributed by atoms with E-state index in [1.165, 1.54) is 0 Å². The largest absolute Gasteiger partial charge is 0.657 e. The molecule has 0 fully saturated rings. The molecule has 9 rings (SSSR count). The van der Waals surface area contributed by atoms with E-state index in [0.717, 1.165) is 33.0 Å². The molecule has 8 aromatic rings. The Morgan fingerprint density at radius 2 is 0.966 bits per heavy atom. The average Bonchev–Trinajstić information content (AvgIpc) is 3.87. The van der Waals surface area contributed by atoms with Gasteiger partial charge in [-0.1, -0.05) is 77.9 Å². The minimum Gasteiger partial charge on any atom is -0.657 e. The maximum absolute atomic E-state index is 12.2. The second kappa shape index (κ2) is 15.2. The molecule has 2 radical (unpaired) electrons. The Morgan fingerprint density at radius 1 is 0.508 bits per heavy atom. The van der Waals surface area contributed by atoms with E-state index in [4.69, 9.17) is 29.4 Å². The number of benzene rings is 4. The van der Waals surface area contributed by atoms with Crippen LogP contribution in [-0.2, 0) is 44.4 Å². The summed E-state index contributed by atoms with van der Waals surface area (Å²) >= 11 is 0. The number of nitrogens with zero attached hydrogens (tertiary/aromatic N) is 4. The predicted molar refractivity (Wildman–Crippen MR) is 233 cm³/mol. The van der Waals surface area contributed by atoms with Crippen molar-refractivity contribution in [3.05, 3.63) is 114 Å². The van der Waals surface area contributed by atoms with Gasteiger partial charge in [0.15, 0.2) is 0 Å². The third kappa shape index (κ3) is 7.24. The van der Waals surface area contributed by atoms with Gasteiger partial charge in [-0.25, -0.2) is 15.0 Å². The molecule has 8 nitrogen and oxygen atoms in total. The number of pyridine rings is 2. The molecule has 4 aromatic heterocycles. The van der Waals surface area contributed by atoms with Crippen LogP contribution in [-0.4, -0.2) is 39.4 Å². The first-order valence-corrected chi connectivity index (χ1v) is 19.1. The van der Waals surface area contributed by atoms with Gasteiger partial charge in [0, 0.05) is 71.9 Å². The van der Waals surface area contributed by atoms with Crippen molar-refractivity contribution in [1.29, 1.82) is 0 Å². The zero-order chi connectivity index (χ0) is 40.0. The summed E-state index contributed by atoms with van der Waals surface area (Å²) < 4.78 is 11.4. The van der Waals surface area contributed by atoms with Crippen molar-refractivity contribution in [3.63, 3.8) is 0 Å². The van der Waals surface area contributed by atoms with Crippen LogP contribution in [0, 0.1) is 0 Å². The van der Waals surface area contributed by atoms with Gasteiger partial charge < -0.3 is 24.7 Å². The van der Waals surface area contributed by atoms with Crippen LogP contribution in [0.5, 0.6) is 23.0 Å². The fraction of sp³-hybridized carbons (Fsp3) is 0.204. The Kier molecular flexibility index (Phi) is 10.7. The second-order valence-electron chi connectivity index (χ2n) is 16.8. The number of hydrogen-bond donors (Lipinski definition) is 2. The number of phenols is 2. The van der Waals surface area contributed by atoms with Crippen molar-refractivity contribution in [3.8, 4) is 34.1 Å². The van der Waals surface area contributed by atoms with Gasteiger partial charge in [-0.15, -0.1) is 11.0 Å². The van der Waals surface area contributed by atoms with E-state index in [1.807, 2.05) is 103 Å². The smallest absolute Gasteiger partial charge is 0.134 e. The van der Waals surface area contributed by atoms with Crippen molar-refractivity contribution in [2.45, 2.75) is 52.4 Å². The molecule has 0 amide bonds. The molecule has 0 atom stereocenters. The number of rotatable bonds is 3. The Morgan fingerprint density at radius 3 is 1.49 bits per heavy atom. The van der Waals surface area contributed by atoms with Crippen molar-refractivity contribution in [2.75, 3.05) is 14.2 Å². The zero-order valence-corrected chi connectivity index (χ0v) is 36.1. The summed E-state index contributed by atoms with van der Waals surface area (Å²) in [6, 6.07) is 29.7. The number of fused-ring (bicyclic) bond motifs is 14. The maximum Gasteiger partial charge on any atom is 0.134 e. The van der Waals surface area contributed by atoms with Gasteiger partial charge in [0.1, 0.15) is 23.0 Å². The molecular formula is C49H43Co2N4O4-. The molecule has 302 valence electrons. The summed E-state index contributed by atoms with van der Waals surface area (Å²) in [5.41, 5.74) is 8.15. The predicted octanol–water partition coefficient (Wildman–Crippen LogP) is 11.6. The maximum atomic E-state index is 12.2. The Bertz CT molecular complexity index is 3140. The Labute approximate surface area is 363 Å². The molecule has 12 bridgehead atoms. The molecule has 0 saturated heterocycles. The Hall–Kier alpha value is -5.66. The standard InChI is InChI=1S/C49H43N4O4.2Co/c1-48(2,3)29-21-33-37-15-17-41(50-37)43(28-19-31(56-7)25-32(20-28)57-8)42-18-16-38(51-42)34-22-30(49(4,5)6)24-36(47(34)55)40-14-12-27-10-9-26-11-13-39(35(23-29)46(33)54)52-44(26)45(27)53-40;;/h9-25H,1-8H3,(H2-,50,51,52,53,54,55);;/q-1;;. The van der Waals surface area contributed by atoms with E-state index in [9.17, 15) is 10.2 Å². The van der Waals surface area contributed by atoms with E-state index in [2.05, 4.69) is 41.5 Å². The Balaban J connectivity index is 0.00000264. The number of phenolic OH excluding ortho intramolecular Hbond substituents is 2. The molecule has 1 aliphatic heterocycles. The third-order valence-electron chi connectivity index (χ3n) is 11.0. The van der Waals surface area contributed by atoms with Crippen LogP contribution in [0.3, 0.4) is 0 Å². The summed E-state index contributed by atoms with van der Waals surface area (Å²) in [7, 11) is 3.24. The normalized spacial score (nSPS) is 12.2. The molecule has 10 heteroatoms. The van der Waals surface area contributed by atoms with E-state index >= 15 is 0 Å². The van der Waals surface area contributed by atoms with Gasteiger partial charge in [-0.2, -0.15) is 0 Å². The van der Waals surface area contributed by atoms with E-state index < -0.39 is 0 Å². The van der Waals surface area contributed by atoms with E-state index in [-0.39, 0.29) is 55.9 Å². The molecule has 0 unspecified atom stereocenters. The van der Waals surface area contributed by atoms with Crippen LogP contribution in [0.1, 0.15) is 64.1 Å². The number of hydrogen-bond acceptors (Lipinski definition) is 7. The molecule has 5 heterocycles. The summed E-state index contributed by atoms with van der Waals surface area (Å²) in [6.07, 6.45) is 3.88. The van der Waals surface area contributed by atoms with Gasteiger partial charge in [0.05, 0.1) is 47.7 Å². The monoisotopic (exact) mass is 869 g/mol. The summed E-state index contributed by atoms with van der Waals surface area (Å²) in [6.45, 7) is 12.9. The molecule has 0 spiro atoms. The number of methoxy groups -OCH3 is 2. The van der Waals surface area contributed by atoms with Crippen LogP contribution < -0.4 is 14.5 Å². The molecular weight excluding hydrogens is 826 g/mol. The second-order valence-corrected chi connectivity index (χ2v) is 16.8. The molecule has 2 N–H and O–H groups in total. The molecule has 59 heavy (non-hydrogen) atoms. The number of ether oxygens (including phenoxy) is 2. The van der Waals surface area contributed by atoms with Gasteiger partial charge >= 0.3 is 0 Å². The SMILES string of the molecule is COc1cc(OC)cc(-c2c3nc(c4cc(C(C)(C)C)cc(c4O)c4ccc5ccc6ccc(nc6c5n4)c4cc(C(C)(C)C)cc(c4O)c4ccc2[n-]4)C=C3)c1.[Co].[Co]. The van der Waals surface area contributed by atoms with Crippen LogP contribution in [0.4, 0.5) is 0 Å². The van der Waals surface area contributed by atoms with Crippen LogP contribution in [0.15, 0.2) is 91.0 Å². The number of aromatic nitrogens is 4. The summed E-state index contributed by atoms with van der Waals surface area (Å²) in [5, 5.41) is 28.6. The fourth-order valence-corrected chi connectivity index (χ4v) is 7.67. The minimum atomic E-state index is -0.256. The summed E-state index contributed by atoms with van der Waals surface area (Å²) in [4.78, 5) is 20.9. The minimum absolute atomic E-state index is 0. The summed E-state index contributed by atoms with van der Waals surface area (Å²) in [5.74, 6) is 1.39. The van der Waals surface area contributed by atoms with Gasteiger partial charge in [-0.3, -0.25) is 0 Å². The van der Waals surface area contributed by atoms with Crippen molar-refractivity contribution in [2.24, 2.45) is 0 Å². The van der Waals surface area contributed by atoms with Gasteiger partial charge in [-0.05, 0) is 93.8 Å². The quantitative estimate of drug-likeness (QED) is 0.169. The van der Waals surface area contributed by atoms with Crippen molar-refractivity contribution in [1.82, 2.24) is 19.9 Å². The molecule has 0 saturated carbocycles. The van der Waals surface area contributed by atoms with Crippen molar-refractivity contribution >= 4 is 77.6 Å². The first-order chi connectivity index (χ1) is 27.2. The van der Waals surface area contributed by atoms with Gasteiger partial charge in [0.2, 0.25) is 0 Å². The first-order valence-electron chi connectivity index (χ1n) is 19.1. The van der Waals surface area contributed by atoms with Crippen molar-refractivity contribution < 1.29 is 53.2 Å². The molecule has 1 aliphatic rings. The average molecular weight is 870 g/mol. The van der Waals surface area contributed by atoms with E-state index in [0.29, 0.717) is 77.5 Å². The molecule has 4 aromatic carbocycles. The van der Waals surface area contributed by atoms with Crippen LogP contribution in [0.25, 0.3) is 88.7 Å². The third-order valence-corrected chi connectivity index (χ3v) is 11.0. The van der Waals surface area contributed by atoms with E-state index in [1.54, 1.807) is 14.2 Å². The first kappa shape index (κ1) is 41.5. The van der Waals surface area contributed by atoms with Crippen LogP contribution >= 0.6 is 0 Å². The zero-order valence-electron chi connectivity index (χ0n) is 34.0. The fourth-order valence-electron chi connectivity index (χ4n) is 7.67. The van der Waals surface area contributed by atoms with Gasteiger partial charge in [0.25, 0.3) is 0 Å². The number of aromatic hydroxyl groups is 2. The van der Waals surface area contributed by atoms with Crippen LogP contribution in [0.2, 0.25) is 0 Å². The molecule has 0 aliphatic carbocycles.